The van der Waals surface area contributed by atoms with E-state index in [1.807, 2.05) is 103 Å². The molecule has 0 N–H and O–H groups in total. The lowest BCUT2D eigenvalue weighted by molar-refractivity contribution is 0.108. The maximum Gasteiger partial charge on any atom is 0.373 e. The molecular formula is C31H25OS2+. The van der Waals surface area contributed by atoms with Crippen LogP contribution in [0.5, 0.6) is 0 Å². The largest absolute Gasteiger partial charge is 0.373 e. The van der Waals surface area contributed by atoms with Gasteiger partial charge in [-0.1, -0.05) is 103 Å². The molecule has 0 bridgehead atoms. The van der Waals surface area contributed by atoms with Crippen LogP contribution in [0.15, 0.2) is 171 Å². The van der Waals surface area contributed by atoms with Crippen molar-refractivity contribution in [1.82, 2.24) is 0 Å². The Morgan fingerprint density at radius 2 is 0.765 bits per heavy atom. The van der Waals surface area contributed by atoms with Gasteiger partial charge in [-0.3, -0.25) is 0 Å². The second-order valence-electron chi connectivity index (χ2n) is 7.31. The lowest BCUT2D eigenvalue weighted by atomic mass is 10.2. The van der Waals surface area contributed by atoms with E-state index in [9.17, 15) is 4.79 Å². The number of rotatable bonds is 5. The van der Waals surface area contributed by atoms with Crippen LogP contribution in [-0.2, 0) is 10.9 Å². The van der Waals surface area contributed by atoms with Gasteiger partial charge in [-0.2, -0.15) is 0 Å². The van der Waals surface area contributed by atoms with Crippen LogP contribution in [0.4, 0.5) is 0 Å². The molecule has 0 aromatic heterocycles. The van der Waals surface area contributed by atoms with Crippen LogP contribution >= 0.6 is 11.8 Å². The Bertz CT molecular complexity index is 1180. The second kappa shape index (κ2) is 12.6. The van der Waals surface area contributed by atoms with Gasteiger partial charge in [0.25, 0.3) is 0 Å². The normalized spacial score (nSPS) is 10.3. The molecule has 34 heavy (non-hydrogen) atoms. The Labute approximate surface area is 208 Å². The quantitative estimate of drug-likeness (QED) is 0.236. The SMILES string of the molecule is O=C(c1ccccc1)[S+](c1ccccc1)c1ccccc1.c1ccc(Sc2ccccc2)cc1. The van der Waals surface area contributed by atoms with Crippen molar-refractivity contribution in [2.75, 3.05) is 0 Å². The third kappa shape index (κ3) is 6.74. The minimum absolute atomic E-state index is 0.160. The highest BCUT2D eigenvalue weighted by molar-refractivity contribution is 8.11. The van der Waals surface area contributed by atoms with Crippen molar-refractivity contribution >= 4 is 27.8 Å². The molecule has 0 aliphatic carbocycles. The Morgan fingerprint density at radius 3 is 1.15 bits per heavy atom. The predicted molar refractivity (Wildman–Crippen MR) is 145 cm³/mol. The summed E-state index contributed by atoms with van der Waals surface area (Å²) in [4.78, 5) is 17.6. The van der Waals surface area contributed by atoms with Gasteiger partial charge in [0.05, 0.1) is 5.56 Å². The smallest absolute Gasteiger partial charge is 0.230 e. The van der Waals surface area contributed by atoms with Crippen molar-refractivity contribution in [1.29, 1.82) is 0 Å². The van der Waals surface area contributed by atoms with Gasteiger partial charge in [-0.05, 0) is 60.7 Å². The first kappa shape index (κ1) is 23.6. The molecule has 0 spiro atoms. The molecule has 0 aliphatic rings. The van der Waals surface area contributed by atoms with Gasteiger partial charge in [0.15, 0.2) is 9.79 Å². The average molecular weight is 478 g/mol. The van der Waals surface area contributed by atoms with Crippen molar-refractivity contribution in [3.63, 3.8) is 0 Å². The van der Waals surface area contributed by atoms with Crippen LogP contribution < -0.4 is 0 Å². The molecule has 3 heteroatoms. The summed E-state index contributed by atoms with van der Waals surface area (Å²) < 4.78 is 0. The number of carbonyl (C=O) groups excluding carboxylic acids is 1. The fourth-order valence-corrected chi connectivity index (χ4v) is 6.06. The molecule has 0 atom stereocenters. The maximum absolute atomic E-state index is 13.0. The summed E-state index contributed by atoms with van der Waals surface area (Å²) in [7, 11) is -0.586. The summed E-state index contributed by atoms with van der Waals surface area (Å²) in [5.74, 6) is 0. The Hall–Kier alpha value is -3.53. The van der Waals surface area contributed by atoms with Gasteiger partial charge >= 0.3 is 5.12 Å². The number of benzene rings is 5. The molecular weight excluding hydrogens is 452 g/mol. The van der Waals surface area contributed by atoms with Crippen LogP contribution in [0.2, 0.25) is 0 Å². The molecule has 5 aromatic rings. The highest BCUT2D eigenvalue weighted by Gasteiger charge is 2.35. The first-order valence-corrected chi connectivity index (χ1v) is 13.1. The van der Waals surface area contributed by atoms with E-state index in [2.05, 4.69) is 48.5 Å². The standard InChI is InChI=1S/C19H15OS.C12H10S/c20-19(16-10-4-1-5-11-16)21(17-12-6-2-7-13-17)18-14-8-3-9-15-18;1-3-7-11(8-4-1)13-12-9-5-2-6-10-12/h1-15H;1-10H/q+1;. The van der Waals surface area contributed by atoms with Gasteiger partial charge in [0.1, 0.15) is 10.9 Å². The molecule has 5 rings (SSSR count). The topological polar surface area (TPSA) is 17.1 Å². The first-order valence-electron chi connectivity index (χ1n) is 11.0. The number of hydrogen-bond donors (Lipinski definition) is 0. The Balaban J connectivity index is 0.000000180. The van der Waals surface area contributed by atoms with Crippen molar-refractivity contribution < 1.29 is 4.79 Å². The van der Waals surface area contributed by atoms with E-state index in [0.29, 0.717) is 0 Å². The van der Waals surface area contributed by atoms with Crippen molar-refractivity contribution in [2.24, 2.45) is 0 Å². The van der Waals surface area contributed by atoms with Crippen LogP contribution in [0.25, 0.3) is 0 Å². The molecule has 5 aromatic carbocycles. The second-order valence-corrected chi connectivity index (χ2v) is 10.4. The van der Waals surface area contributed by atoms with Gasteiger partial charge < -0.3 is 0 Å². The zero-order valence-corrected chi connectivity index (χ0v) is 20.3. The zero-order chi connectivity index (χ0) is 23.4. The summed E-state index contributed by atoms with van der Waals surface area (Å²) >= 11 is 1.79. The predicted octanol–water partition coefficient (Wildman–Crippen LogP) is 8.40. The van der Waals surface area contributed by atoms with E-state index in [0.717, 1.165) is 15.4 Å². The summed E-state index contributed by atoms with van der Waals surface area (Å²) in [5.41, 5.74) is 0.758. The van der Waals surface area contributed by atoms with E-state index in [1.165, 1.54) is 9.79 Å². The molecule has 0 fully saturated rings. The maximum atomic E-state index is 13.0. The van der Waals surface area contributed by atoms with Crippen LogP contribution in [0.3, 0.4) is 0 Å². The van der Waals surface area contributed by atoms with Crippen LogP contribution in [-0.4, -0.2) is 5.12 Å². The fourth-order valence-electron chi connectivity index (χ4n) is 3.27. The number of hydrogen-bond acceptors (Lipinski definition) is 2. The van der Waals surface area contributed by atoms with Gasteiger partial charge in [0.2, 0.25) is 0 Å². The summed E-state index contributed by atoms with van der Waals surface area (Å²) in [6, 6.07) is 50.3. The zero-order valence-electron chi connectivity index (χ0n) is 18.7. The molecule has 0 heterocycles. The van der Waals surface area contributed by atoms with E-state index in [-0.39, 0.29) is 5.12 Å². The van der Waals surface area contributed by atoms with E-state index in [4.69, 9.17) is 0 Å². The molecule has 1 nitrogen and oxygen atoms in total. The van der Waals surface area contributed by atoms with E-state index in [1.54, 1.807) is 11.8 Å². The summed E-state index contributed by atoms with van der Waals surface area (Å²) in [5, 5.41) is 0.160. The lowest BCUT2D eigenvalue weighted by Gasteiger charge is -2.06. The van der Waals surface area contributed by atoms with Crippen molar-refractivity contribution in [3.8, 4) is 0 Å². The van der Waals surface area contributed by atoms with Crippen LogP contribution in [0, 0.1) is 0 Å². The van der Waals surface area contributed by atoms with E-state index < -0.39 is 10.9 Å². The summed E-state index contributed by atoms with van der Waals surface area (Å²) in [6.07, 6.45) is 0. The number of carbonyl (C=O) groups is 1. The average Bonchev–Trinajstić information content (AvgIpc) is 2.92. The van der Waals surface area contributed by atoms with Gasteiger partial charge in [-0.25, -0.2) is 4.79 Å². The van der Waals surface area contributed by atoms with Gasteiger partial charge in [-0.15, -0.1) is 0 Å². The molecule has 0 unspecified atom stereocenters. The monoisotopic (exact) mass is 477 g/mol. The minimum atomic E-state index is -0.586. The first-order chi connectivity index (χ1) is 16.8. The molecule has 0 saturated heterocycles. The third-order valence-electron chi connectivity index (χ3n) is 4.87. The highest BCUT2D eigenvalue weighted by atomic mass is 32.2. The van der Waals surface area contributed by atoms with Gasteiger partial charge in [0, 0.05) is 9.79 Å². The van der Waals surface area contributed by atoms with Crippen molar-refractivity contribution in [2.45, 2.75) is 19.6 Å². The lowest BCUT2D eigenvalue weighted by Crippen LogP contribution is -2.16. The molecule has 0 amide bonds. The molecule has 0 saturated carbocycles. The molecule has 166 valence electrons. The minimum Gasteiger partial charge on any atom is -0.230 e. The third-order valence-corrected chi connectivity index (χ3v) is 7.98. The van der Waals surface area contributed by atoms with Crippen molar-refractivity contribution in [3.05, 3.63) is 157 Å². The highest BCUT2D eigenvalue weighted by Crippen LogP contribution is 2.27. The van der Waals surface area contributed by atoms with Crippen LogP contribution in [0.1, 0.15) is 10.4 Å². The van der Waals surface area contributed by atoms with E-state index >= 15 is 0 Å². The Morgan fingerprint density at radius 1 is 0.441 bits per heavy atom. The fraction of sp³-hybridized carbons (Fsp3) is 0. The molecule has 0 aliphatic heterocycles. The summed E-state index contributed by atoms with van der Waals surface area (Å²) in [6.45, 7) is 0. The Kier molecular flexibility index (Phi) is 8.78. The molecule has 0 radical (unpaired) electrons.